The molecule has 0 atom stereocenters. The molecule has 4 heterocycles. The SMILES string of the molecule is COc1ccc2cc1OCCN(C(=O)c1ccc(=O)n(C)c1)Cc1cc(CN3CCOCC3)cc(c1)-n1ccnc1-2. The monoisotopic (exact) mass is 555 g/mol. The molecule has 4 bridgehead atoms. The lowest BCUT2D eigenvalue weighted by molar-refractivity contribution is 0.0341. The summed E-state index contributed by atoms with van der Waals surface area (Å²) in [5.74, 6) is 1.78. The number of hydrogen-bond acceptors (Lipinski definition) is 7. The maximum atomic E-state index is 13.8. The summed E-state index contributed by atoms with van der Waals surface area (Å²) in [7, 11) is 3.25. The molecule has 1 fully saturated rings. The number of nitrogens with zero attached hydrogens (tertiary/aromatic N) is 5. The van der Waals surface area contributed by atoms with Gasteiger partial charge in [0.05, 0.1) is 32.4 Å². The second kappa shape index (κ2) is 11.6. The summed E-state index contributed by atoms with van der Waals surface area (Å²) in [6.07, 6.45) is 5.32. The number of amides is 1. The highest BCUT2D eigenvalue weighted by atomic mass is 16.5. The number of carbonyl (C=O) groups excluding carboxylic acids is 1. The summed E-state index contributed by atoms with van der Waals surface area (Å²) in [5.41, 5.74) is 4.27. The van der Waals surface area contributed by atoms with E-state index in [-0.39, 0.29) is 18.1 Å². The summed E-state index contributed by atoms with van der Waals surface area (Å²) < 4.78 is 20.8. The van der Waals surface area contributed by atoms with E-state index in [4.69, 9.17) is 14.2 Å². The van der Waals surface area contributed by atoms with E-state index in [1.54, 1.807) is 37.5 Å². The first-order chi connectivity index (χ1) is 20.0. The molecule has 2 aromatic heterocycles. The number of aromatic nitrogens is 3. The molecule has 10 heteroatoms. The van der Waals surface area contributed by atoms with Crippen molar-refractivity contribution in [3.8, 4) is 28.6 Å². The largest absolute Gasteiger partial charge is 0.493 e. The normalized spacial score (nSPS) is 15.6. The number of hydrogen-bond donors (Lipinski definition) is 0. The third-order valence-corrected chi connectivity index (χ3v) is 7.50. The van der Waals surface area contributed by atoms with Gasteiger partial charge in [0.15, 0.2) is 11.5 Å². The molecule has 2 aliphatic heterocycles. The van der Waals surface area contributed by atoms with Crippen LogP contribution in [-0.2, 0) is 24.9 Å². The Morgan fingerprint density at radius 2 is 1.88 bits per heavy atom. The molecule has 1 amide bonds. The van der Waals surface area contributed by atoms with E-state index in [2.05, 4.69) is 32.7 Å². The molecule has 0 spiro atoms. The Hall–Kier alpha value is -4.41. The highest BCUT2D eigenvalue weighted by Gasteiger charge is 2.21. The smallest absolute Gasteiger partial charge is 0.255 e. The Balaban J connectivity index is 1.45. The second-order valence-corrected chi connectivity index (χ2v) is 10.3. The molecule has 10 nitrogen and oxygen atoms in total. The molecule has 0 radical (unpaired) electrons. The fraction of sp³-hybridized carbons (Fsp3) is 0.323. The van der Waals surface area contributed by atoms with Gasteiger partial charge in [-0.15, -0.1) is 0 Å². The molecule has 2 aromatic carbocycles. The van der Waals surface area contributed by atoms with Crippen LogP contribution in [-0.4, -0.2) is 76.4 Å². The van der Waals surface area contributed by atoms with Gasteiger partial charge in [0.2, 0.25) is 5.56 Å². The Morgan fingerprint density at radius 3 is 2.68 bits per heavy atom. The highest BCUT2D eigenvalue weighted by molar-refractivity contribution is 5.93. The molecule has 2 aliphatic rings. The van der Waals surface area contributed by atoms with E-state index in [0.29, 0.717) is 30.2 Å². The summed E-state index contributed by atoms with van der Waals surface area (Å²) in [5, 5.41) is 0. The Morgan fingerprint density at radius 1 is 1.02 bits per heavy atom. The van der Waals surface area contributed by atoms with Gasteiger partial charge >= 0.3 is 0 Å². The predicted molar refractivity (Wildman–Crippen MR) is 154 cm³/mol. The average molecular weight is 556 g/mol. The first-order valence-electron chi connectivity index (χ1n) is 13.7. The fourth-order valence-corrected chi connectivity index (χ4v) is 5.38. The van der Waals surface area contributed by atoms with Crippen LogP contribution in [0.1, 0.15) is 21.5 Å². The van der Waals surface area contributed by atoms with Crippen molar-refractivity contribution in [3.63, 3.8) is 0 Å². The van der Waals surface area contributed by atoms with E-state index < -0.39 is 0 Å². The van der Waals surface area contributed by atoms with Crippen molar-refractivity contribution in [2.45, 2.75) is 13.1 Å². The first kappa shape index (κ1) is 26.8. The summed E-state index contributed by atoms with van der Waals surface area (Å²) in [6, 6.07) is 15.2. The van der Waals surface area contributed by atoms with Gasteiger partial charge in [-0.2, -0.15) is 0 Å². The number of benzene rings is 2. The van der Waals surface area contributed by atoms with Gasteiger partial charge in [-0.3, -0.25) is 19.1 Å². The van der Waals surface area contributed by atoms with E-state index in [1.165, 1.54) is 10.6 Å². The van der Waals surface area contributed by atoms with Crippen molar-refractivity contribution in [3.05, 3.63) is 94.2 Å². The average Bonchev–Trinajstić information content (AvgIpc) is 3.48. The van der Waals surface area contributed by atoms with Crippen LogP contribution in [0, 0.1) is 0 Å². The van der Waals surface area contributed by atoms with E-state index in [9.17, 15) is 9.59 Å². The summed E-state index contributed by atoms with van der Waals surface area (Å²) in [6.45, 7) is 4.93. The minimum Gasteiger partial charge on any atom is -0.493 e. The standard InChI is InChI=1S/C31H33N5O5/c1-33-21-25(4-6-29(33)37)31(38)35-11-14-41-28-18-24(3-5-27(28)39-2)30-32-7-8-36(30)26-16-22(15-23(17-26)20-35)19-34-9-12-40-13-10-34/h3-8,15-18,21H,9-14,19-20H2,1-2H3. The lowest BCUT2D eigenvalue weighted by Crippen LogP contribution is -2.36. The van der Waals surface area contributed by atoms with Crippen molar-refractivity contribution >= 4 is 5.91 Å². The van der Waals surface area contributed by atoms with E-state index in [1.807, 2.05) is 24.4 Å². The van der Waals surface area contributed by atoms with Gasteiger partial charge in [0.1, 0.15) is 12.4 Å². The van der Waals surface area contributed by atoms with Crippen LogP contribution in [0.15, 0.2) is 71.9 Å². The Bertz CT molecular complexity index is 1620. The number of imidazole rings is 1. The van der Waals surface area contributed by atoms with Gasteiger partial charge in [-0.05, 0) is 47.5 Å². The number of methoxy groups -OCH3 is 1. The first-order valence-corrected chi connectivity index (χ1v) is 13.7. The summed E-state index contributed by atoms with van der Waals surface area (Å²) >= 11 is 0. The van der Waals surface area contributed by atoms with E-state index in [0.717, 1.165) is 61.1 Å². The summed E-state index contributed by atoms with van der Waals surface area (Å²) in [4.78, 5) is 34.6. The Kier molecular flexibility index (Phi) is 7.58. The van der Waals surface area contributed by atoms with Gasteiger partial charge in [0, 0.05) is 69.1 Å². The zero-order valence-electron chi connectivity index (χ0n) is 23.3. The molecule has 1 saturated heterocycles. The highest BCUT2D eigenvalue weighted by Crippen LogP contribution is 2.33. The van der Waals surface area contributed by atoms with Gasteiger partial charge < -0.3 is 23.7 Å². The molecule has 0 aliphatic carbocycles. The third-order valence-electron chi connectivity index (χ3n) is 7.50. The van der Waals surface area contributed by atoms with Crippen LogP contribution in [0.2, 0.25) is 0 Å². The van der Waals surface area contributed by atoms with Gasteiger partial charge in [-0.1, -0.05) is 6.07 Å². The second-order valence-electron chi connectivity index (χ2n) is 10.3. The number of rotatable bonds is 4. The number of pyridine rings is 1. The number of morpholine rings is 1. The minimum absolute atomic E-state index is 0.168. The molecule has 6 rings (SSSR count). The van der Waals surface area contributed by atoms with Crippen LogP contribution in [0.3, 0.4) is 0 Å². The van der Waals surface area contributed by atoms with Gasteiger partial charge in [-0.25, -0.2) is 4.98 Å². The number of aryl methyl sites for hydroxylation is 1. The number of carbonyl (C=O) groups is 1. The molecular weight excluding hydrogens is 522 g/mol. The predicted octanol–water partition coefficient (Wildman–Crippen LogP) is 3.11. The fourth-order valence-electron chi connectivity index (χ4n) is 5.38. The lowest BCUT2D eigenvalue weighted by atomic mass is 10.1. The molecule has 41 heavy (non-hydrogen) atoms. The maximum Gasteiger partial charge on any atom is 0.255 e. The van der Waals surface area contributed by atoms with Crippen LogP contribution in [0.4, 0.5) is 0 Å². The number of ether oxygens (including phenoxy) is 3. The molecule has 0 N–H and O–H groups in total. The lowest BCUT2D eigenvalue weighted by Gasteiger charge is -2.27. The van der Waals surface area contributed by atoms with Crippen LogP contribution in [0.5, 0.6) is 11.5 Å². The van der Waals surface area contributed by atoms with Crippen molar-refractivity contribution in [1.29, 1.82) is 0 Å². The third kappa shape index (κ3) is 5.75. The topological polar surface area (TPSA) is 91.1 Å². The zero-order valence-corrected chi connectivity index (χ0v) is 23.3. The van der Waals surface area contributed by atoms with Crippen LogP contribution in [0.25, 0.3) is 17.1 Å². The molecule has 212 valence electrons. The molecule has 4 aromatic rings. The molecule has 0 unspecified atom stereocenters. The maximum absolute atomic E-state index is 13.8. The Labute approximate surface area is 238 Å². The van der Waals surface area contributed by atoms with Crippen LogP contribution >= 0.6 is 0 Å². The van der Waals surface area contributed by atoms with Crippen molar-refractivity contribution in [2.24, 2.45) is 7.05 Å². The molecule has 0 saturated carbocycles. The minimum atomic E-state index is -0.178. The van der Waals surface area contributed by atoms with Crippen LogP contribution < -0.4 is 15.0 Å². The number of fused-ring (bicyclic) bond motifs is 7. The molecular formula is C31H33N5O5. The quantitative estimate of drug-likeness (QED) is 0.382. The van der Waals surface area contributed by atoms with Crippen molar-refractivity contribution < 1.29 is 19.0 Å². The van der Waals surface area contributed by atoms with Crippen molar-refractivity contribution in [1.82, 2.24) is 23.9 Å². The van der Waals surface area contributed by atoms with Crippen molar-refractivity contribution in [2.75, 3.05) is 46.6 Å². The van der Waals surface area contributed by atoms with Gasteiger partial charge in [0.25, 0.3) is 5.91 Å². The van der Waals surface area contributed by atoms with E-state index >= 15 is 0 Å². The zero-order chi connectivity index (χ0) is 28.3.